The lowest BCUT2D eigenvalue weighted by molar-refractivity contribution is -0.123. The van der Waals surface area contributed by atoms with E-state index in [1.807, 2.05) is 19.9 Å². The molecule has 1 saturated carbocycles. The molecule has 1 fully saturated rings. The number of fused-ring (bicyclic) bond motifs is 1. The summed E-state index contributed by atoms with van der Waals surface area (Å²) in [6.45, 7) is 4.10. The third kappa shape index (κ3) is 3.74. The van der Waals surface area contributed by atoms with Crippen molar-refractivity contribution in [2.45, 2.75) is 52.5 Å². The van der Waals surface area contributed by atoms with Gasteiger partial charge in [0.2, 0.25) is 5.91 Å². The SMILES string of the molecule is Cc1cc(C)n2nc(CN(C(=O)C3CCCCC3)c3ccc(F)cc3)nc2n1. The molecule has 28 heavy (non-hydrogen) atoms. The fraction of sp³-hybridized carbons (Fsp3) is 0.429. The van der Waals surface area contributed by atoms with E-state index in [2.05, 4.69) is 15.1 Å². The van der Waals surface area contributed by atoms with Gasteiger partial charge in [-0.2, -0.15) is 4.98 Å². The standard InChI is InChI=1S/C21H24FN5O/c1-14-12-15(2)27-21(23-14)24-19(25-27)13-26(18-10-8-17(22)9-11-18)20(28)16-6-4-3-5-7-16/h8-12,16H,3-7,13H2,1-2H3. The van der Waals surface area contributed by atoms with E-state index in [1.165, 1.54) is 18.6 Å². The molecule has 2 heterocycles. The molecule has 146 valence electrons. The minimum Gasteiger partial charge on any atom is -0.304 e. The highest BCUT2D eigenvalue weighted by molar-refractivity contribution is 5.94. The lowest BCUT2D eigenvalue weighted by Crippen LogP contribution is -2.37. The Morgan fingerprint density at radius 3 is 2.57 bits per heavy atom. The van der Waals surface area contributed by atoms with Gasteiger partial charge in [0.25, 0.3) is 5.78 Å². The van der Waals surface area contributed by atoms with Crippen molar-refractivity contribution in [2.75, 3.05) is 4.90 Å². The van der Waals surface area contributed by atoms with Crippen molar-refractivity contribution in [1.29, 1.82) is 0 Å². The molecule has 1 amide bonds. The first kappa shape index (κ1) is 18.5. The molecule has 0 N–H and O–H groups in total. The molecule has 1 aromatic carbocycles. The minimum atomic E-state index is -0.324. The van der Waals surface area contributed by atoms with Crippen LogP contribution in [0.25, 0.3) is 5.78 Å². The van der Waals surface area contributed by atoms with E-state index < -0.39 is 0 Å². The predicted molar refractivity (Wildman–Crippen MR) is 104 cm³/mol. The Morgan fingerprint density at radius 2 is 1.86 bits per heavy atom. The Hall–Kier alpha value is -2.83. The Kier molecular flexibility index (Phi) is 5.07. The highest BCUT2D eigenvalue weighted by atomic mass is 19.1. The Morgan fingerprint density at radius 1 is 1.14 bits per heavy atom. The number of hydrogen-bond acceptors (Lipinski definition) is 4. The van der Waals surface area contributed by atoms with Gasteiger partial charge in [-0.05, 0) is 57.0 Å². The number of aryl methyl sites for hydroxylation is 2. The van der Waals surface area contributed by atoms with Gasteiger partial charge in [-0.15, -0.1) is 5.10 Å². The fourth-order valence-electron chi connectivity index (χ4n) is 3.90. The second-order valence-corrected chi connectivity index (χ2v) is 7.51. The van der Waals surface area contributed by atoms with Gasteiger partial charge in [-0.25, -0.2) is 13.9 Å². The summed E-state index contributed by atoms with van der Waals surface area (Å²) in [4.78, 5) is 23.9. The topological polar surface area (TPSA) is 63.4 Å². The summed E-state index contributed by atoms with van der Waals surface area (Å²) in [5.74, 6) is 0.783. The summed E-state index contributed by atoms with van der Waals surface area (Å²) in [6.07, 6.45) is 5.12. The van der Waals surface area contributed by atoms with Gasteiger partial charge in [0.05, 0.1) is 6.54 Å². The van der Waals surface area contributed by atoms with Crippen LogP contribution in [0.2, 0.25) is 0 Å². The number of amides is 1. The van der Waals surface area contributed by atoms with Gasteiger partial charge in [-0.3, -0.25) is 4.79 Å². The van der Waals surface area contributed by atoms with Crippen molar-refractivity contribution >= 4 is 17.4 Å². The van der Waals surface area contributed by atoms with Crippen molar-refractivity contribution < 1.29 is 9.18 Å². The van der Waals surface area contributed by atoms with Crippen LogP contribution in [-0.2, 0) is 11.3 Å². The minimum absolute atomic E-state index is 0.00191. The van der Waals surface area contributed by atoms with Crippen LogP contribution in [0.15, 0.2) is 30.3 Å². The van der Waals surface area contributed by atoms with Crippen molar-refractivity contribution in [1.82, 2.24) is 19.6 Å². The van der Waals surface area contributed by atoms with E-state index >= 15 is 0 Å². The van der Waals surface area contributed by atoms with Gasteiger partial charge in [-0.1, -0.05) is 19.3 Å². The van der Waals surface area contributed by atoms with Gasteiger partial charge in [0.15, 0.2) is 5.82 Å². The summed E-state index contributed by atoms with van der Waals surface area (Å²) >= 11 is 0. The average Bonchev–Trinajstić information content (AvgIpc) is 3.10. The van der Waals surface area contributed by atoms with Crippen LogP contribution in [0, 0.1) is 25.6 Å². The van der Waals surface area contributed by atoms with Crippen molar-refractivity contribution in [3.63, 3.8) is 0 Å². The maximum Gasteiger partial charge on any atom is 0.252 e. The number of nitrogens with zero attached hydrogens (tertiary/aromatic N) is 5. The van der Waals surface area contributed by atoms with Crippen LogP contribution in [0.4, 0.5) is 10.1 Å². The largest absolute Gasteiger partial charge is 0.304 e. The Bertz CT molecular complexity index is 992. The first-order valence-corrected chi connectivity index (χ1v) is 9.78. The molecule has 1 aliphatic carbocycles. The predicted octanol–water partition coefficient (Wildman–Crippen LogP) is 3.99. The number of benzene rings is 1. The molecule has 6 nitrogen and oxygen atoms in total. The van der Waals surface area contributed by atoms with Crippen molar-refractivity contribution in [3.05, 3.63) is 53.4 Å². The number of aromatic nitrogens is 4. The van der Waals surface area contributed by atoms with Crippen LogP contribution in [0.3, 0.4) is 0 Å². The van der Waals surface area contributed by atoms with E-state index in [9.17, 15) is 9.18 Å². The number of hydrogen-bond donors (Lipinski definition) is 0. The second-order valence-electron chi connectivity index (χ2n) is 7.51. The highest BCUT2D eigenvalue weighted by Gasteiger charge is 2.28. The summed E-state index contributed by atoms with van der Waals surface area (Å²) < 4.78 is 15.1. The smallest absolute Gasteiger partial charge is 0.252 e. The molecule has 0 spiro atoms. The zero-order valence-electron chi connectivity index (χ0n) is 16.2. The normalized spacial score (nSPS) is 15.1. The molecule has 0 unspecified atom stereocenters. The highest BCUT2D eigenvalue weighted by Crippen LogP contribution is 2.28. The molecule has 0 atom stereocenters. The number of rotatable bonds is 4. The summed E-state index contributed by atoms with van der Waals surface area (Å²) in [5.41, 5.74) is 2.47. The molecule has 3 aromatic rings. The molecule has 0 bridgehead atoms. The van der Waals surface area contributed by atoms with Crippen LogP contribution < -0.4 is 4.90 Å². The number of anilines is 1. The van der Waals surface area contributed by atoms with Crippen LogP contribution >= 0.6 is 0 Å². The fourth-order valence-corrected chi connectivity index (χ4v) is 3.90. The van der Waals surface area contributed by atoms with Crippen LogP contribution in [-0.4, -0.2) is 25.5 Å². The van der Waals surface area contributed by atoms with E-state index in [0.29, 0.717) is 17.3 Å². The van der Waals surface area contributed by atoms with Gasteiger partial charge >= 0.3 is 0 Å². The number of halogens is 1. The van der Waals surface area contributed by atoms with Crippen LogP contribution in [0.1, 0.15) is 49.3 Å². The van der Waals surface area contributed by atoms with Gasteiger partial charge < -0.3 is 4.90 Å². The first-order chi connectivity index (χ1) is 13.5. The first-order valence-electron chi connectivity index (χ1n) is 9.78. The Balaban J connectivity index is 1.67. The third-order valence-corrected chi connectivity index (χ3v) is 5.32. The molecule has 2 aromatic heterocycles. The van der Waals surface area contributed by atoms with E-state index in [-0.39, 0.29) is 24.2 Å². The van der Waals surface area contributed by atoms with E-state index in [1.54, 1.807) is 21.5 Å². The lowest BCUT2D eigenvalue weighted by Gasteiger charge is -2.28. The maximum atomic E-state index is 13.4. The molecule has 0 radical (unpaired) electrons. The molecular formula is C21H24FN5O. The maximum absolute atomic E-state index is 13.4. The summed E-state index contributed by atoms with van der Waals surface area (Å²) in [5, 5.41) is 4.54. The second kappa shape index (κ2) is 7.66. The third-order valence-electron chi connectivity index (χ3n) is 5.32. The van der Waals surface area contributed by atoms with Gasteiger partial charge in [0, 0.05) is 23.0 Å². The number of carbonyl (C=O) groups is 1. The zero-order chi connectivity index (χ0) is 19.7. The summed E-state index contributed by atoms with van der Waals surface area (Å²) in [6, 6.07) is 7.97. The van der Waals surface area contributed by atoms with Crippen molar-refractivity contribution in [3.8, 4) is 0 Å². The zero-order valence-corrected chi connectivity index (χ0v) is 16.2. The molecule has 1 aliphatic rings. The quantitative estimate of drug-likeness (QED) is 0.685. The Labute approximate surface area is 163 Å². The van der Waals surface area contributed by atoms with Crippen LogP contribution in [0.5, 0.6) is 0 Å². The van der Waals surface area contributed by atoms with E-state index in [0.717, 1.165) is 37.1 Å². The van der Waals surface area contributed by atoms with Gasteiger partial charge in [0.1, 0.15) is 5.82 Å². The molecule has 0 aliphatic heterocycles. The van der Waals surface area contributed by atoms with E-state index in [4.69, 9.17) is 0 Å². The number of carbonyl (C=O) groups excluding carboxylic acids is 1. The molecule has 4 rings (SSSR count). The summed E-state index contributed by atoms with van der Waals surface area (Å²) in [7, 11) is 0. The average molecular weight is 381 g/mol. The monoisotopic (exact) mass is 381 g/mol. The molecular weight excluding hydrogens is 357 g/mol. The lowest BCUT2D eigenvalue weighted by atomic mass is 9.88. The van der Waals surface area contributed by atoms with Crippen molar-refractivity contribution in [2.24, 2.45) is 5.92 Å². The molecule has 7 heteroatoms. The molecule has 0 saturated heterocycles.